The molecule has 0 unspecified atom stereocenters. The van der Waals surface area contributed by atoms with Gasteiger partial charge in [0.05, 0.1) is 0 Å². The largest absolute Gasteiger partial charge is 0.0925 e. The lowest BCUT2D eigenvalue weighted by Gasteiger charge is -2.05. The van der Waals surface area contributed by atoms with E-state index in [0.717, 1.165) is 18.2 Å². The molecule has 0 radical (unpaired) electrons. The summed E-state index contributed by atoms with van der Waals surface area (Å²) in [4.78, 5) is 0. The first-order valence-electron chi connectivity index (χ1n) is 5.41. The summed E-state index contributed by atoms with van der Waals surface area (Å²) in [6, 6.07) is 6.73. The van der Waals surface area contributed by atoms with E-state index in [2.05, 4.69) is 61.0 Å². The van der Waals surface area contributed by atoms with Crippen molar-refractivity contribution in [1.29, 1.82) is 0 Å². The van der Waals surface area contributed by atoms with E-state index in [-0.39, 0.29) is 0 Å². The third-order valence-corrected chi connectivity index (χ3v) is 3.11. The van der Waals surface area contributed by atoms with Crippen molar-refractivity contribution in [2.24, 2.45) is 0 Å². The van der Waals surface area contributed by atoms with Gasteiger partial charge in [-0.15, -0.1) is 0 Å². The molecule has 0 aliphatic carbocycles. The Bertz CT molecular complexity index is 350. The molecule has 0 spiro atoms. The van der Waals surface area contributed by atoms with E-state index in [0.29, 0.717) is 0 Å². The Hall–Kier alpha value is -0.560. The third kappa shape index (κ3) is 4.21. The highest BCUT2D eigenvalue weighted by Crippen LogP contribution is 2.13. The van der Waals surface area contributed by atoms with Crippen molar-refractivity contribution >= 4 is 15.9 Å². The van der Waals surface area contributed by atoms with Gasteiger partial charge >= 0.3 is 0 Å². The molecule has 82 valence electrons. The number of benzene rings is 1. The number of hydrogen-bond donors (Lipinski definition) is 0. The lowest BCUT2D eigenvalue weighted by atomic mass is 10.0. The summed E-state index contributed by atoms with van der Waals surface area (Å²) < 4.78 is 0. The topological polar surface area (TPSA) is 0 Å². The molecular formula is C14H19Br. The zero-order valence-electron chi connectivity index (χ0n) is 9.81. The van der Waals surface area contributed by atoms with Gasteiger partial charge in [-0.1, -0.05) is 45.8 Å². The number of rotatable bonds is 4. The molecule has 1 heteroatoms. The maximum atomic E-state index is 3.44. The van der Waals surface area contributed by atoms with Gasteiger partial charge in [-0.25, -0.2) is 0 Å². The number of allylic oxidation sites excluding steroid dienone is 2. The molecular weight excluding hydrogens is 248 g/mol. The van der Waals surface area contributed by atoms with Gasteiger partial charge in [-0.2, -0.15) is 0 Å². The molecule has 15 heavy (non-hydrogen) atoms. The van der Waals surface area contributed by atoms with Crippen LogP contribution in [0.3, 0.4) is 0 Å². The van der Waals surface area contributed by atoms with Crippen LogP contribution < -0.4 is 0 Å². The lowest BCUT2D eigenvalue weighted by Crippen LogP contribution is -1.90. The Morgan fingerprint density at radius 1 is 1.27 bits per heavy atom. The van der Waals surface area contributed by atoms with E-state index in [1.54, 1.807) is 0 Å². The van der Waals surface area contributed by atoms with Crippen molar-refractivity contribution < 1.29 is 0 Å². The minimum atomic E-state index is 1.05. The molecule has 0 bridgehead atoms. The summed E-state index contributed by atoms with van der Waals surface area (Å²) in [5, 5.41) is 1.05. The second-order valence-corrected chi connectivity index (χ2v) is 4.92. The van der Waals surface area contributed by atoms with Crippen LogP contribution in [-0.2, 0) is 6.42 Å². The maximum Gasteiger partial charge on any atom is 0.00660 e. The number of aryl methyl sites for hydroxylation is 2. The Morgan fingerprint density at radius 2 is 2.00 bits per heavy atom. The molecule has 0 atom stereocenters. The fraction of sp³-hybridized carbons (Fsp3) is 0.429. The minimum absolute atomic E-state index is 1.05. The van der Waals surface area contributed by atoms with Gasteiger partial charge < -0.3 is 0 Å². The lowest BCUT2D eigenvalue weighted by molar-refractivity contribution is 1.09. The smallest absolute Gasteiger partial charge is 0.00660 e. The van der Waals surface area contributed by atoms with Crippen LogP contribution in [0.15, 0.2) is 29.8 Å². The highest BCUT2D eigenvalue weighted by molar-refractivity contribution is 9.09. The van der Waals surface area contributed by atoms with Crippen molar-refractivity contribution in [3.05, 3.63) is 46.5 Å². The minimum Gasteiger partial charge on any atom is -0.0925 e. The summed E-state index contributed by atoms with van der Waals surface area (Å²) in [6.45, 7) is 6.54. The summed E-state index contributed by atoms with van der Waals surface area (Å²) in [7, 11) is 0. The van der Waals surface area contributed by atoms with Gasteiger partial charge in [0.1, 0.15) is 0 Å². The monoisotopic (exact) mass is 266 g/mol. The van der Waals surface area contributed by atoms with Crippen molar-refractivity contribution in [1.82, 2.24) is 0 Å². The molecule has 0 fully saturated rings. The zero-order chi connectivity index (χ0) is 11.3. The quantitative estimate of drug-likeness (QED) is 0.553. The molecule has 0 saturated carbocycles. The van der Waals surface area contributed by atoms with Crippen molar-refractivity contribution in [2.45, 2.75) is 33.6 Å². The average Bonchev–Trinajstić information content (AvgIpc) is 2.20. The van der Waals surface area contributed by atoms with Gasteiger partial charge in [-0.05, 0) is 50.3 Å². The van der Waals surface area contributed by atoms with E-state index >= 15 is 0 Å². The first-order valence-corrected chi connectivity index (χ1v) is 6.53. The van der Waals surface area contributed by atoms with Crippen molar-refractivity contribution in [3.63, 3.8) is 0 Å². The summed E-state index contributed by atoms with van der Waals surface area (Å²) in [5.41, 5.74) is 5.64. The average molecular weight is 267 g/mol. The van der Waals surface area contributed by atoms with Gasteiger partial charge in [-0.3, -0.25) is 0 Å². The van der Waals surface area contributed by atoms with E-state index in [1.165, 1.54) is 22.3 Å². The molecule has 0 saturated heterocycles. The third-order valence-electron chi connectivity index (χ3n) is 2.66. The number of alkyl halides is 1. The van der Waals surface area contributed by atoms with Crippen LogP contribution >= 0.6 is 15.9 Å². The predicted molar refractivity (Wildman–Crippen MR) is 71.8 cm³/mol. The van der Waals surface area contributed by atoms with Crippen molar-refractivity contribution in [3.8, 4) is 0 Å². The van der Waals surface area contributed by atoms with Crippen LogP contribution in [0.1, 0.15) is 30.0 Å². The van der Waals surface area contributed by atoms with Crippen molar-refractivity contribution in [2.75, 3.05) is 5.33 Å². The zero-order valence-corrected chi connectivity index (χ0v) is 11.4. The highest BCUT2D eigenvalue weighted by Gasteiger charge is 1.97. The van der Waals surface area contributed by atoms with Crippen LogP contribution in [0, 0.1) is 13.8 Å². The summed E-state index contributed by atoms with van der Waals surface area (Å²) >= 11 is 3.44. The molecule has 0 aliphatic rings. The first kappa shape index (κ1) is 12.5. The standard InChI is InChI=1S/C14H19Br/c1-11(5-4-8-15)9-14-7-6-12(2)13(3)10-14/h5-7,10H,4,8-9H2,1-3H3. The Kier molecular flexibility index (Phi) is 5.10. The van der Waals surface area contributed by atoms with Gasteiger partial charge in [0.15, 0.2) is 0 Å². The fourth-order valence-electron chi connectivity index (χ4n) is 1.61. The highest BCUT2D eigenvalue weighted by atomic mass is 79.9. The maximum absolute atomic E-state index is 3.44. The number of hydrogen-bond acceptors (Lipinski definition) is 0. The van der Waals surface area contributed by atoms with Crippen LogP contribution in [0.2, 0.25) is 0 Å². The molecule has 0 aromatic heterocycles. The molecule has 0 nitrogen and oxygen atoms in total. The Balaban J connectivity index is 2.68. The van der Waals surface area contributed by atoms with E-state index in [1.807, 2.05) is 0 Å². The molecule has 1 rings (SSSR count). The molecule has 1 aromatic rings. The summed E-state index contributed by atoms with van der Waals surface area (Å²) in [6.07, 6.45) is 4.51. The van der Waals surface area contributed by atoms with Crippen LogP contribution in [0.25, 0.3) is 0 Å². The van der Waals surface area contributed by atoms with Crippen LogP contribution in [0.5, 0.6) is 0 Å². The normalized spacial score (nSPS) is 11.9. The van der Waals surface area contributed by atoms with E-state index in [9.17, 15) is 0 Å². The number of halogens is 1. The van der Waals surface area contributed by atoms with Gasteiger partial charge in [0.2, 0.25) is 0 Å². The Labute approximate surface area is 102 Å². The van der Waals surface area contributed by atoms with Crippen LogP contribution in [-0.4, -0.2) is 5.33 Å². The summed E-state index contributed by atoms with van der Waals surface area (Å²) in [5.74, 6) is 0. The molecule has 1 aromatic carbocycles. The Morgan fingerprint density at radius 3 is 2.60 bits per heavy atom. The fourth-order valence-corrected chi connectivity index (χ4v) is 1.84. The molecule has 0 heterocycles. The first-order chi connectivity index (χ1) is 7.13. The second-order valence-electron chi connectivity index (χ2n) is 4.12. The van der Waals surface area contributed by atoms with E-state index in [4.69, 9.17) is 0 Å². The van der Waals surface area contributed by atoms with Crippen LogP contribution in [0.4, 0.5) is 0 Å². The second kappa shape index (κ2) is 6.12. The molecule has 0 N–H and O–H groups in total. The SMILES string of the molecule is CC(=CCCBr)Cc1ccc(C)c(C)c1. The van der Waals surface area contributed by atoms with Gasteiger partial charge in [0.25, 0.3) is 0 Å². The van der Waals surface area contributed by atoms with E-state index < -0.39 is 0 Å². The van der Waals surface area contributed by atoms with Gasteiger partial charge in [0, 0.05) is 5.33 Å². The predicted octanol–water partition coefficient (Wildman–Crippen LogP) is 4.58. The molecule has 0 aliphatic heterocycles. The molecule has 0 amide bonds.